The molecule has 0 aliphatic heterocycles. The second-order valence-corrected chi connectivity index (χ2v) is 4.71. The van der Waals surface area contributed by atoms with E-state index < -0.39 is 0 Å². The zero-order valence-electron chi connectivity index (χ0n) is 13.0. The van der Waals surface area contributed by atoms with Crippen molar-refractivity contribution in [3.63, 3.8) is 0 Å². The van der Waals surface area contributed by atoms with Gasteiger partial charge in [0.1, 0.15) is 5.82 Å². The SMILES string of the molecule is CCOCCCN=C(NN)N(C)C(C)c1ccccc1F. The lowest BCUT2D eigenvalue weighted by atomic mass is 10.1. The van der Waals surface area contributed by atoms with Crippen molar-refractivity contribution in [3.05, 3.63) is 35.6 Å². The molecule has 0 aromatic heterocycles. The van der Waals surface area contributed by atoms with E-state index in [0.29, 0.717) is 31.3 Å². The highest BCUT2D eigenvalue weighted by molar-refractivity contribution is 5.79. The van der Waals surface area contributed by atoms with Gasteiger partial charge in [-0.2, -0.15) is 0 Å². The highest BCUT2D eigenvalue weighted by Crippen LogP contribution is 2.21. The summed E-state index contributed by atoms with van der Waals surface area (Å²) in [6.45, 7) is 5.85. The quantitative estimate of drug-likeness (QED) is 0.266. The van der Waals surface area contributed by atoms with Gasteiger partial charge in [0.2, 0.25) is 5.96 Å². The Morgan fingerprint density at radius 2 is 2.19 bits per heavy atom. The fraction of sp³-hybridized carbons (Fsp3) is 0.533. The average molecular weight is 296 g/mol. The van der Waals surface area contributed by atoms with Gasteiger partial charge >= 0.3 is 0 Å². The minimum atomic E-state index is -0.232. The van der Waals surface area contributed by atoms with Crippen molar-refractivity contribution in [2.45, 2.75) is 26.3 Å². The zero-order chi connectivity index (χ0) is 15.7. The van der Waals surface area contributed by atoms with Crippen LogP contribution in [0.5, 0.6) is 0 Å². The molecule has 1 aromatic rings. The molecule has 3 N–H and O–H groups in total. The number of benzene rings is 1. The number of hydrazine groups is 1. The molecule has 0 aliphatic carbocycles. The van der Waals surface area contributed by atoms with Gasteiger partial charge in [0.25, 0.3) is 0 Å². The van der Waals surface area contributed by atoms with E-state index >= 15 is 0 Å². The molecule has 6 heteroatoms. The molecule has 0 spiro atoms. The summed E-state index contributed by atoms with van der Waals surface area (Å²) in [6, 6.07) is 6.54. The molecular weight excluding hydrogens is 271 g/mol. The van der Waals surface area contributed by atoms with Crippen LogP contribution in [-0.2, 0) is 4.74 Å². The lowest BCUT2D eigenvalue weighted by Crippen LogP contribution is -2.44. The van der Waals surface area contributed by atoms with Crippen molar-refractivity contribution in [2.24, 2.45) is 10.8 Å². The summed E-state index contributed by atoms with van der Waals surface area (Å²) in [6.07, 6.45) is 0.820. The molecule has 0 bridgehead atoms. The molecule has 1 rings (SSSR count). The van der Waals surface area contributed by atoms with Gasteiger partial charge in [0.15, 0.2) is 0 Å². The Morgan fingerprint density at radius 1 is 1.48 bits per heavy atom. The molecule has 1 unspecified atom stereocenters. The Balaban J connectivity index is 2.67. The summed E-state index contributed by atoms with van der Waals surface area (Å²) in [5, 5.41) is 0. The number of nitrogens with one attached hydrogen (secondary N) is 1. The van der Waals surface area contributed by atoms with Gasteiger partial charge in [-0.15, -0.1) is 0 Å². The van der Waals surface area contributed by atoms with Crippen LogP contribution in [-0.4, -0.2) is 37.7 Å². The molecule has 1 aromatic carbocycles. The monoisotopic (exact) mass is 296 g/mol. The van der Waals surface area contributed by atoms with E-state index in [0.717, 1.165) is 6.42 Å². The van der Waals surface area contributed by atoms with E-state index in [1.165, 1.54) is 6.07 Å². The van der Waals surface area contributed by atoms with Crippen LogP contribution in [0.3, 0.4) is 0 Å². The first-order valence-corrected chi connectivity index (χ1v) is 7.17. The van der Waals surface area contributed by atoms with E-state index in [1.807, 2.05) is 31.9 Å². The maximum atomic E-state index is 13.8. The lowest BCUT2D eigenvalue weighted by molar-refractivity contribution is 0.146. The molecule has 1 atom stereocenters. The maximum Gasteiger partial charge on any atom is 0.208 e. The minimum Gasteiger partial charge on any atom is -0.382 e. The number of ether oxygens (including phenoxy) is 1. The normalized spacial score (nSPS) is 13.1. The number of nitrogens with two attached hydrogens (primary N) is 1. The number of rotatable bonds is 7. The third-order valence-corrected chi connectivity index (χ3v) is 3.31. The van der Waals surface area contributed by atoms with Crippen LogP contribution in [0.15, 0.2) is 29.3 Å². The van der Waals surface area contributed by atoms with Crippen LogP contribution in [0.1, 0.15) is 31.9 Å². The van der Waals surface area contributed by atoms with Gasteiger partial charge in [-0.3, -0.25) is 10.4 Å². The summed E-state index contributed by atoms with van der Waals surface area (Å²) in [5.74, 6) is 5.82. The molecule has 0 radical (unpaired) electrons. The number of hydrogen-bond donors (Lipinski definition) is 2. The van der Waals surface area contributed by atoms with E-state index in [-0.39, 0.29) is 11.9 Å². The fourth-order valence-corrected chi connectivity index (χ4v) is 1.96. The molecule has 0 fully saturated rings. The molecule has 0 saturated heterocycles. The van der Waals surface area contributed by atoms with Gasteiger partial charge in [-0.05, 0) is 26.3 Å². The van der Waals surface area contributed by atoms with Crippen LogP contribution in [0.25, 0.3) is 0 Å². The van der Waals surface area contributed by atoms with Crippen LogP contribution < -0.4 is 11.3 Å². The first-order valence-electron chi connectivity index (χ1n) is 7.17. The van der Waals surface area contributed by atoms with E-state index in [9.17, 15) is 4.39 Å². The van der Waals surface area contributed by atoms with Crippen molar-refractivity contribution >= 4 is 5.96 Å². The van der Waals surface area contributed by atoms with E-state index in [2.05, 4.69) is 10.4 Å². The Hall–Kier alpha value is -1.66. The topological polar surface area (TPSA) is 62.9 Å². The largest absolute Gasteiger partial charge is 0.382 e. The van der Waals surface area contributed by atoms with Crippen molar-refractivity contribution in [2.75, 3.05) is 26.8 Å². The number of guanidine groups is 1. The molecule has 21 heavy (non-hydrogen) atoms. The van der Waals surface area contributed by atoms with Crippen molar-refractivity contribution in [1.82, 2.24) is 10.3 Å². The number of nitrogens with zero attached hydrogens (tertiary/aromatic N) is 2. The molecule has 0 heterocycles. The van der Waals surface area contributed by atoms with Crippen LogP contribution in [0.2, 0.25) is 0 Å². The number of halogens is 1. The van der Waals surface area contributed by atoms with Gasteiger partial charge in [0, 0.05) is 32.4 Å². The molecule has 0 saturated carbocycles. The van der Waals surface area contributed by atoms with E-state index in [4.69, 9.17) is 10.6 Å². The summed E-state index contributed by atoms with van der Waals surface area (Å²) >= 11 is 0. The smallest absolute Gasteiger partial charge is 0.208 e. The maximum absolute atomic E-state index is 13.8. The highest BCUT2D eigenvalue weighted by Gasteiger charge is 2.17. The predicted molar refractivity (Wildman–Crippen MR) is 83.3 cm³/mol. The van der Waals surface area contributed by atoms with Gasteiger partial charge in [-0.25, -0.2) is 10.2 Å². The lowest BCUT2D eigenvalue weighted by Gasteiger charge is -2.28. The number of aliphatic imine (C=N–C) groups is 1. The Bertz CT molecular complexity index is 453. The van der Waals surface area contributed by atoms with Crippen LogP contribution >= 0.6 is 0 Å². The summed E-state index contributed by atoms with van der Waals surface area (Å²) in [4.78, 5) is 6.21. The second-order valence-electron chi connectivity index (χ2n) is 4.71. The molecule has 0 amide bonds. The summed E-state index contributed by atoms with van der Waals surface area (Å²) in [7, 11) is 1.83. The third-order valence-electron chi connectivity index (χ3n) is 3.31. The van der Waals surface area contributed by atoms with Crippen LogP contribution in [0.4, 0.5) is 4.39 Å². The summed E-state index contributed by atoms with van der Waals surface area (Å²) in [5.41, 5.74) is 3.18. The fourth-order valence-electron chi connectivity index (χ4n) is 1.96. The standard InChI is InChI=1S/C15H25FN4O/c1-4-21-11-7-10-18-15(19-17)20(3)12(2)13-8-5-6-9-14(13)16/h5-6,8-9,12H,4,7,10-11,17H2,1-3H3,(H,18,19). The van der Waals surface area contributed by atoms with Crippen molar-refractivity contribution < 1.29 is 9.13 Å². The van der Waals surface area contributed by atoms with Crippen LogP contribution in [0, 0.1) is 5.82 Å². The molecular formula is C15H25FN4O. The molecule has 0 aliphatic rings. The van der Waals surface area contributed by atoms with E-state index in [1.54, 1.807) is 12.1 Å². The van der Waals surface area contributed by atoms with Crippen molar-refractivity contribution in [1.29, 1.82) is 0 Å². The summed E-state index contributed by atoms with van der Waals surface area (Å²) < 4.78 is 19.1. The Morgan fingerprint density at radius 3 is 2.81 bits per heavy atom. The Labute approximate surface area is 126 Å². The average Bonchev–Trinajstić information content (AvgIpc) is 2.50. The first-order chi connectivity index (χ1) is 10.1. The third kappa shape index (κ3) is 5.32. The Kier molecular flexibility index (Phi) is 7.71. The first kappa shape index (κ1) is 17.4. The minimum absolute atomic E-state index is 0.173. The molecule has 5 nitrogen and oxygen atoms in total. The highest BCUT2D eigenvalue weighted by atomic mass is 19.1. The zero-order valence-corrected chi connectivity index (χ0v) is 13.0. The van der Waals surface area contributed by atoms with Gasteiger partial charge in [0.05, 0.1) is 6.04 Å². The predicted octanol–water partition coefficient (Wildman–Crippen LogP) is 2.06. The van der Waals surface area contributed by atoms with Gasteiger partial charge in [-0.1, -0.05) is 18.2 Å². The van der Waals surface area contributed by atoms with Crippen molar-refractivity contribution in [3.8, 4) is 0 Å². The number of hydrogen-bond acceptors (Lipinski definition) is 3. The second kappa shape index (κ2) is 9.31. The van der Waals surface area contributed by atoms with Gasteiger partial charge < -0.3 is 9.64 Å². The molecule has 118 valence electrons.